The molecule has 0 bridgehead atoms. The van der Waals surface area contributed by atoms with E-state index < -0.39 is 8.32 Å². The molecule has 1 saturated heterocycles. The van der Waals surface area contributed by atoms with Gasteiger partial charge >= 0.3 is 6.03 Å². The third-order valence-electron chi connectivity index (χ3n) is 6.11. The minimum atomic E-state index is -1.91. The molecule has 6 nitrogen and oxygen atoms in total. The SMILES string of the molecule is CC(C)(C)[Si](C)(C)Oc1ccc(NC(=O)N[C@H]2CCCN(c3ccc(Cl)cc3)C2)nc1. The molecule has 2 N–H and O–H groups in total. The van der Waals surface area contributed by atoms with E-state index in [9.17, 15) is 4.79 Å². The van der Waals surface area contributed by atoms with Crippen LogP contribution in [0.3, 0.4) is 0 Å². The highest BCUT2D eigenvalue weighted by Gasteiger charge is 2.39. The Kier molecular flexibility index (Phi) is 7.16. The Morgan fingerprint density at radius 2 is 1.90 bits per heavy atom. The summed E-state index contributed by atoms with van der Waals surface area (Å²) in [5, 5.41) is 6.74. The van der Waals surface area contributed by atoms with Crippen molar-refractivity contribution in [3.63, 3.8) is 0 Å². The lowest BCUT2D eigenvalue weighted by Crippen LogP contribution is -2.49. The first-order valence-electron chi connectivity index (χ1n) is 10.8. The summed E-state index contributed by atoms with van der Waals surface area (Å²) in [6.07, 6.45) is 3.65. The highest BCUT2D eigenvalue weighted by atomic mass is 35.5. The second kappa shape index (κ2) is 9.49. The molecule has 1 aromatic heterocycles. The molecule has 0 unspecified atom stereocenters. The Morgan fingerprint density at radius 3 is 2.52 bits per heavy atom. The number of piperidine rings is 1. The van der Waals surface area contributed by atoms with E-state index in [-0.39, 0.29) is 17.1 Å². The number of amides is 2. The summed E-state index contributed by atoms with van der Waals surface area (Å²) in [5.41, 5.74) is 1.12. The maximum Gasteiger partial charge on any atom is 0.320 e. The first-order chi connectivity index (χ1) is 14.5. The molecule has 1 fully saturated rings. The third-order valence-corrected chi connectivity index (χ3v) is 10.7. The number of carbonyl (C=O) groups is 1. The van der Waals surface area contributed by atoms with Crippen LogP contribution in [0.4, 0.5) is 16.3 Å². The number of carbonyl (C=O) groups excluding carboxylic acids is 1. The highest BCUT2D eigenvalue weighted by Crippen LogP contribution is 2.37. The van der Waals surface area contributed by atoms with Crippen molar-refractivity contribution < 1.29 is 9.22 Å². The van der Waals surface area contributed by atoms with Crippen LogP contribution in [0.25, 0.3) is 0 Å². The zero-order valence-corrected chi connectivity index (χ0v) is 20.8. The molecular weight excluding hydrogens is 428 g/mol. The van der Waals surface area contributed by atoms with Crippen molar-refractivity contribution in [1.82, 2.24) is 10.3 Å². The van der Waals surface area contributed by atoms with E-state index in [1.807, 2.05) is 30.3 Å². The third kappa shape index (κ3) is 6.37. The molecule has 31 heavy (non-hydrogen) atoms. The first-order valence-corrected chi connectivity index (χ1v) is 14.1. The van der Waals surface area contributed by atoms with Crippen LogP contribution in [0, 0.1) is 0 Å². The number of hydrogen-bond acceptors (Lipinski definition) is 4. The van der Waals surface area contributed by atoms with E-state index in [4.69, 9.17) is 16.0 Å². The van der Waals surface area contributed by atoms with Gasteiger partial charge in [0.2, 0.25) is 0 Å². The van der Waals surface area contributed by atoms with E-state index in [0.29, 0.717) is 5.82 Å². The maximum atomic E-state index is 12.5. The monoisotopic (exact) mass is 460 g/mol. The molecule has 168 valence electrons. The van der Waals surface area contributed by atoms with Crippen LogP contribution in [-0.2, 0) is 0 Å². The van der Waals surface area contributed by atoms with Gasteiger partial charge in [-0.2, -0.15) is 0 Å². The molecule has 2 amide bonds. The maximum absolute atomic E-state index is 12.5. The molecule has 1 aliphatic rings. The van der Waals surface area contributed by atoms with E-state index in [2.05, 4.69) is 54.4 Å². The molecule has 0 radical (unpaired) electrons. The van der Waals surface area contributed by atoms with Gasteiger partial charge in [-0.05, 0) is 67.4 Å². The van der Waals surface area contributed by atoms with Gasteiger partial charge in [-0.1, -0.05) is 32.4 Å². The Balaban J connectivity index is 1.53. The van der Waals surface area contributed by atoms with Crippen molar-refractivity contribution in [2.45, 2.75) is 57.8 Å². The smallest absolute Gasteiger partial charge is 0.320 e. The number of aromatic nitrogens is 1. The minimum Gasteiger partial charge on any atom is -0.542 e. The fourth-order valence-electron chi connectivity index (χ4n) is 3.28. The fraction of sp³-hybridized carbons (Fsp3) is 0.478. The molecule has 8 heteroatoms. The topological polar surface area (TPSA) is 66.5 Å². The predicted octanol–water partition coefficient (Wildman–Crippen LogP) is 5.91. The van der Waals surface area contributed by atoms with E-state index >= 15 is 0 Å². The van der Waals surface area contributed by atoms with Gasteiger partial charge in [0.05, 0.1) is 6.20 Å². The van der Waals surface area contributed by atoms with Gasteiger partial charge in [-0.15, -0.1) is 0 Å². The standard InChI is InChI=1S/C23H33ClN4O2Si/c1-23(2,3)31(4,5)30-20-12-13-21(25-15-20)27-22(29)26-18-7-6-14-28(16-18)19-10-8-17(24)9-11-19/h8-13,15,18H,6-7,14,16H2,1-5H3,(H2,25,26,27,29)/t18-/m0/s1. The number of pyridine rings is 1. The van der Waals surface area contributed by atoms with Gasteiger partial charge in [0.15, 0.2) is 0 Å². The molecular formula is C23H33ClN4O2Si. The van der Waals surface area contributed by atoms with Gasteiger partial charge in [0.25, 0.3) is 8.32 Å². The quantitative estimate of drug-likeness (QED) is 0.544. The zero-order chi connectivity index (χ0) is 22.6. The second-order valence-electron chi connectivity index (χ2n) is 9.60. The lowest BCUT2D eigenvalue weighted by molar-refractivity contribution is 0.246. The summed E-state index contributed by atoms with van der Waals surface area (Å²) in [4.78, 5) is 19.1. The van der Waals surface area contributed by atoms with Gasteiger partial charge in [-0.25, -0.2) is 9.78 Å². The molecule has 0 saturated carbocycles. The van der Waals surface area contributed by atoms with Crippen molar-refractivity contribution >= 4 is 37.5 Å². The average Bonchev–Trinajstić information content (AvgIpc) is 2.69. The van der Waals surface area contributed by atoms with Crippen LogP contribution < -0.4 is 20.0 Å². The molecule has 2 heterocycles. The fourth-order valence-corrected chi connectivity index (χ4v) is 4.42. The van der Waals surface area contributed by atoms with Gasteiger partial charge in [0, 0.05) is 29.8 Å². The van der Waals surface area contributed by atoms with Crippen molar-refractivity contribution in [1.29, 1.82) is 0 Å². The number of halogens is 1. The summed E-state index contributed by atoms with van der Waals surface area (Å²) in [6.45, 7) is 12.7. The Hall–Kier alpha value is -2.25. The molecule has 0 aliphatic carbocycles. The van der Waals surface area contributed by atoms with Crippen molar-refractivity contribution in [2.75, 3.05) is 23.3 Å². The van der Waals surface area contributed by atoms with E-state index in [0.717, 1.165) is 42.4 Å². The van der Waals surface area contributed by atoms with Crippen LogP contribution in [0.15, 0.2) is 42.6 Å². The number of benzene rings is 1. The van der Waals surface area contributed by atoms with E-state index in [1.54, 1.807) is 12.3 Å². The summed E-state index contributed by atoms with van der Waals surface area (Å²) < 4.78 is 6.24. The van der Waals surface area contributed by atoms with Crippen LogP contribution in [0.2, 0.25) is 23.2 Å². The Labute approximate surface area is 191 Å². The molecule has 2 aromatic rings. The Bertz CT molecular complexity index is 882. The van der Waals surface area contributed by atoms with Crippen molar-refractivity contribution in [2.24, 2.45) is 0 Å². The molecule has 3 rings (SSSR count). The van der Waals surface area contributed by atoms with Crippen LogP contribution in [0.1, 0.15) is 33.6 Å². The van der Waals surface area contributed by atoms with Gasteiger partial charge in [0.1, 0.15) is 11.6 Å². The van der Waals surface area contributed by atoms with Crippen LogP contribution >= 0.6 is 11.6 Å². The molecule has 1 atom stereocenters. The largest absolute Gasteiger partial charge is 0.542 e. The molecule has 1 aromatic carbocycles. The number of anilines is 2. The van der Waals surface area contributed by atoms with E-state index in [1.165, 1.54) is 0 Å². The molecule has 1 aliphatic heterocycles. The Morgan fingerprint density at radius 1 is 1.19 bits per heavy atom. The normalized spacial score (nSPS) is 17.2. The van der Waals surface area contributed by atoms with Gasteiger partial charge in [-0.3, -0.25) is 5.32 Å². The summed E-state index contributed by atoms with van der Waals surface area (Å²) in [7, 11) is -1.91. The number of rotatable bonds is 5. The summed E-state index contributed by atoms with van der Waals surface area (Å²) in [6, 6.07) is 11.3. The number of hydrogen-bond donors (Lipinski definition) is 2. The highest BCUT2D eigenvalue weighted by molar-refractivity contribution is 6.74. The summed E-state index contributed by atoms with van der Waals surface area (Å²) in [5.74, 6) is 1.24. The first kappa shape index (κ1) is 23.4. The predicted molar refractivity (Wildman–Crippen MR) is 131 cm³/mol. The van der Waals surface area contributed by atoms with Gasteiger partial charge < -0.3 is 14.6 Å². The number of nitrogens with zero attached hydrogens (tertiary/aromatic N) is 2. The van der Waals surface area contributed by atoms with Crippen molar-refractivity contribution in [3.05, 3.63) is 47.6 Å². The summed E-state index contributed by atoms with van der Waals surface area (Å²) >= 11 is 5.99. The van der Waals surface area contributed by atoms with Crippen molar-refractivity contribution in [3.8, 4) is 5.75 Å². The molecule has 0 spiro atoms. The van der Waals surface area contributed by atoms with Crippen LogP contribution in [-0.4, -0.2) is 38.5 Å². The minimum absolute atomic E-state index is 0.0746. The number of urea groups is 1. The zero-order valence-electron chi connectivity index (χ0n) is 19.0. The average molecular weight is 461 g/mol. The second-order valence-corrected chi connectivity index (χ2v) is 14.8. The van der Waals surface area contributed by atoms with Crippen LogP contribution in [0.5, 0.6) is 5.75 Å². The number of nitrogens with one attached hydrogen (secondary N) is 2. The lowest BCUT2D eigenvalue weighted by atomic mass is 10.1. The lowest BCUT2D eigenvalue weighted by Gasteiger charge is -2.36.